The van der Waals surface area contributed by atoms with Crippen molar-refractivity contribution in [3.05, 3.63) is 53.3 Å². The first-order valence-electron chi connectivity index (χ1n) is 6.74. The second kappa shape index (κ2) is 5.10. The molecule has 1 aliphatic rings. The third-order valence-corrected chi connectivity index (χ3v) is 3.28. The van der Waals surface area contributed by atoms with Crippen molar-refractivity contribution in [1.29, 1.82) is 0 Å². The van der Waals surface area contributed by atoms with Crippen LogP contribution < -0.4 is 0 Å². The van der Waals surface area contributed by atoms with Gasteiger partial charge in [-0.3, -0.25) is 14.3 Å². The summed E-state index contributed by atoms with van der Waals surface area (Å²) in [7, 11) is 0. The van der Waals surface area contributed by atoms with Crippen molar-refractivity contribution in [3.63, 3.8) is 0 Å². The minimum Gasteiger partial charge on any atom is -0.322 e. The van der Waals surface area contributed by atoms with Crippen molar-refractivity contribution in [1.82, 2.24) is 14.8 Å². The summed E-state index contributed by atoms with van der Waals surface area (Å²) in [4.78, 5) is 41.1. The molecule has 0 aliphatic carbocycles. The number of carbonyl (C=O) groups excluding carboxylic acids is 3. The number of amides is 2. The predicted octanol–water partition coefficient (Wildman–Crippen LogP) is 1.83. The quantitative estimate of drug-likeness (QED) is 0.808. The van der Waals surface area contributed by atoms with Crippen LogP contribution in [-0.4, -0.2) is 32.6 Å². The highest BCUT2D eigenvalue weighted by atomic mass is 16.7. The molecular formula is C15H13N3O4. The molecular weight excluding hydrogens is 286 g/mol. The Bertz CT molecular complexity index is 744. The minimum atomic E-state index is -0.853. The number of hydrogen-bond donors (Lipinski definition) is 0. The second-order valence-corrected chi connectivity index (χ2v) is 5.10. The molecule has 0 N–H and O–H groups in total. The lowest BCUT2D eigenvalue weighted by molar-refractivity contribution is -0.0589. The van der Waals surface area contributed by atoms with Gasteiger partial charge in [-0.05, 0) is 32.0 Å². The van der Waals surface area contributed by atoms with E-state index in [0.29, 0.717) is 5.06 Å². The highest BCUT2D eigenvalue weighted by Gasteiger charge is 2.39. The minimum absolute atomic E-state index is 0.0326. The van der Waals surface area contributed by atoms with Gasteiger partial charge in [0.15, 0.2) is 5.69 Å². The molecule has 0 saturated carbocycles. The van der Waals surface area contributed by atoms with Crippen LogP contribution >= 0.6 is 0 Å². The summed E-state index contributed by atoms with van der Waals surface area (Å²) >= 11 is 0. The van der Waals surface area contributed by atoms with Gasteiger partial charge in [-0.2, -0.15) is 5.10 Å². The number of aromatic nitrogens is 2. The number of nitrogens with zero attached hydrogens (tertiary/aromatic N) is 3. The van der Waals surface area contributed by atoms with Crippen LogP contribution in [-0.2, 0) is 4.84 Å². The van der Waals surface area contributed by atoms with E-state index in [0.717, 1.165) is 0 Å². The molecule has 7 heteroatoms. The van der Waals surface area contributed by atoms with Crippen LogP contribution in [0.4, 0.5) is 0 Å². The maximum atomic E-state index is 12.1. The first-order valence-corrected chi connectivity index (χ1v) is 6.74. The number of rotatable bonds is 3. The number of hydroxylamine groups is 2. The summed E-state index contributed by atoms with van der Waals surface area (Å²) in [5.74, 6) is -2.16. The van der Waals surface area contributed by atoms with E-state index in [1.807, 2.05) is 13.8 Å². The van der Waals surface area contributed by atoms with E-state index in [9.17, 15) is 14.4 Å². The molecule has 0 unspecified atom stereocenters. The van der Waals surface area contributed by atoms with Crippen LogP contribution in [0.2, 0.25) is 0 Å². The zero-order valence-corrected chi connectivity index (χ0v) is 12.0. The molecule has 1 aromatic carbocycles. The number of imide groups is 1. The topological polar surface area (TPSA) is 81.5 Å². The van der Waals surface area contributed by atoms with Crippen molar-refractivity contribution in [3.8, 4) is 0 Å². The Hall–Kier alpha value is -2.96. The van der Waals surface area contributed by atoms with Gasteiger partial charge in [0.2, 0.25) is 0 Å². The van der Waals surface area contributed by atoms with Crippen molar-refractivity contribution < 1.29 is 19.2 Å². The molecule has 0 fully saturated rings. The lowest BCUT2D eigenvalue weighted by atomic mass is 10.1. The maximum Gasteiger partial charge on any atom is 0.384 e. The molecule has 2 aromatic rings. The van der Waals surface area contributed by atoms with Crippen LogP contribution in [0.15, 0.2) is 36.5 Å². The Morgan fingerprint density at radius 3 is 2.18 bits per heavy atom. The summed E-state index contributed by atoms with van der Waals surface area (Å²) in [6, 6.07) is 7.86. The lowest BCUT2D eigenvalue weighted by Gasteiger charge is -2.11. The van der Waals surface area contributed by atoms with Gasteiger partial charge in [0.25, 0.3) is 11.8 Å². The molecule has 2 heterocycles. The normalized spacial score (nSPS) is 13.7. The fourth-order valence-corrected chi connectivity index (χ4v) is 2.11. The largest absolute Gasteiger partial charge is 0.384 e. The first kappa shape index (κ1) is 14.0. The van der Waals surface area contributed by atoms with E-state index in [4.69, 9.17) is 4.84 Å². The van der Waals surface area contributed by atoms with Gasteiger partial charge < -0.3 is 4.84 Å². The zero-order valence-electron chi connectivity index (χ0n) is 12.0. The van der Waals surface area contributed by atoms with Crippen LogP contribution in [0, 0.1) is 0 Å². The summed E-state index contributed by atoms with van der Waals surface area (Å²) in [5.41, 5.74) is 0.464. The molecule has 112 valence electrons. The average molecular weight is 299 g/mol. The molecule has 0 atom stereocenters. The Labute approximate surface area is 126 Å². The molecule has 1 aliphatic heterocycles. The van der Waals surface area contributed by atoms with E-state index in [1.165, 1.54) is 18.2 Å². The molecule has 22 heavy (non-hydrogen) atoms. The van der Waals surface area contributed by atoms with Gasteiger partial charge in [-0.1, -0.05) is 17.2 Å². The summed E-state index contributed by atoms with van der Waals surface area (Å²) in [6.07, 6.45) is 1.63. The van der Waals surface area contributed by atoms with E-state index in [1.54, 1.807) is 23.0 Å². The number of benzene rings is 1. The average Bonchev–Trinajstić information content (AvgIpc) is 3.08. The monoisotopic (exact) mass is 299 g/mol. The van der Waals surface area contributed by atoms with E-state index in [2.05, 4.69) is 5.10 Å². The highest BCUT2D eigenvalue weighted by molar-refractivity contribution is 6.21. The van der Waals surface area contributed by atoms with Crippen LogP contribution in [0.25, 0.3) is 0 Å². The van der Waals surface area contributed by atoms with Gasteiger partial charge in [0.1, 0.15) is 0 Å². The number of fused-ring (bicyclic) bond motifs is 1. The first-order chi connectivity index (χ1) is 10.5. The van der Waals surface area contributed by atoms with E-state index < -0.39 is 17.8 Å². The second-order valence-electron chi connectivity index (χ2n) is 5.10. The number of hydrogen-bond acceptors (Lipinski definition) is 5. The SMILES string of the molecule is CC(C)n1ccc(C(=O)ON2C(=O)c3ccccc3C2=O)n1. The van der Waals surface area contributed by atoms with Crippen molar-refractivity contribution in [2.24, 2.45) is 0 Å². The van der Waals surface area contributed by atoms with Crippen LogP contribution in [0.3, 0.4) is 0 Å². The Balaban J connectivity index is 1.80. The van der Waals surface area contributed by atoms with Gasteiger partial charge in [0, 0.05) is 12.2 Å². The van der Waals surface area contributed by atoms with Gasteiger partial charge >= 0.3 is 5.97 Å². The zero-order chi connectivity index (χ0) is 15.9. The van der Waals surface area contributed by atoms with Crippen molar-refractivity contribution >= 4 is 17.8 Å². The molecule has 3 rings (SSSR count). The van der Waals surface area contributed by atoms with Crippen molar-refractivity contribution in [2.45, 2.75) is 19.9 Å². The standard InChI is InChI=1S/C15H13N3O4/c1-9(2)17-8-7-12(16-17)15(21)22-18-13(19)10-5-3-4-6-11(10)14(18)20/h3-9H,1-2H3. The summed E-state index contributed by atoms with van der Waals surface area (Å²) in [5, 5.41) is 4.52. The Morgan fingerprint density at radius 1 is 1.09 bits per heavy atom. The fraction of sp³-hybridized carbons (Fsp3) is 0.200. The fourth-order valence-electron chi connectivity index (χ4n) is 2.11. The predicted molar refractivity (Wildman–Crippen MR) is 75.0 cm³/mol. The molecule has 0 saturated heterocycles. The lowest BCUT2D eigenvalue weighted by Crippen LogP contribution is -2.32. The molecule has 0 radical (unpaired) electrons. The summed E-state index contributed by atoms with van der Waals surface area (Å²) < 4.78 is 1.58. The highest BCUT2D eigenvalue weighted by Crippen LogP contribution is 2.23. The Kier molecular flexibility index (Phi) is 3.25. The van der Waals surface area contributed by atoms with Gasteiger partial charge in [-0.25, -0.2) is 4.79 Å². The molecule has 0 bridgehead atoms. The Morgan fingerprint density at radius 2 is 1.68 bits per heavy atom. The smallest absolute Gasteiger partial charge is 0.322 e. The van der Waals surface area contributed by atoms with E-state index >= 15 is 0 Å². The third-order valence-electron chi connectivity index (χ3n) is 3.28. The third kappa shape index (κ3) is 2.16. The maximum absolute atomic E-state index is 12.1. The van der Waals surface area contributed by atoms with E-state index in [-0.39, 0.29) is 22.9 Å². The van der Waals surface area contributed by atoms with Gasteiger partial charge in [-0.15, -0.1) is 0 Å². The molecule has 2 amide bonds. The van der Waals surface area contributed by atoms with Crippen LogP contribution in [0.5, 0.6) is 0 Å². The molecule has 0 spiro atoms. The number of carbonyl (C=O) groups is 3. The van der Waals surface area contributed by atoms with Gasteiger partial charge in [0.05, 0.1) is 11.1 Å². The molecule has 7 nitrogen and oxygen atoms in total. The van der Waals surface area contributed by atoms with Crippen molar-refractivity contribution in [2.75, 3.05) is 0 Å². The molecule has 1 aromatic heterocycles. The summed E-state index contributed by atoms with van der Waals surface area (Å²) in [6.45, 7) is 3.82. The van der Waals surface area contributed by atoms with Crippen LogP contribution in [0.1, 0.15) is 51.1 Å².